The van der Waals surface area contributed by atoms with Gasteiger partial charge in [0.2, 0.25) is 0 Å². The van der Waals surface area contributed by atoms with Gasteiger partial charge in [-0.1, -0.05) is 20.8 Å². The van der Waals surface area contributed by atoms with E-state index in [2.05, 4.69) is 0 Å². The van der Waals surface area contributed by atoms with Gasteiger partial charge in [-0.2, -0.15) is 0 Å². The Balaban J connectivity index is 4.16. The maximum atomic E-state index is 10.6. The quantitative estimate of drug-likeness (QED) is 0.675. The van der Waals surface area contributed by atoms with Crippen molar-refractivity contribution in [1.29, 1.82) is 0 Å². The molecule has 0 radical (unpaired) electrons. The van der Waals surface area contributed by atoms with E-state index in [1.165, 1.54) is 0 Å². The Kier molecular flexibility index (Phi) is 3.52. The molecule has 0 fully saturated rings. The van der Waals surface area contributed by atoms with E-state index in [9.17, 15) is 4.79 Å². The van der Waals surface area contributed by atoms with Gasteiger partial charge in [-0.05, 0) is 0 Å². The second-order valence-electron chi connectivity index (χ2n) is 3.48. The average Bonchev–Trinajstić information content (AvgIpc) is 1.86. The lowest BCUT2D eigenvalue weighted by molar-refractivity contribution is -0.146. The monoisotopic (exact) mass is 160 g/mol. The summed E-state index contributed by atoms with van der Waals surface area (Å²) in [4.78, 5) is 10.6. The number of rotatable bonds is 4. The third-order valence-corrected chi connectivity index (χ3v) is 2.06. The first-order valence-electron chi connectivity index (χ1n) is 3.63. The van der Waals surface area contributed by atoms with Crippen molar-refractivity contribution in [2.75, 3.05) is 13.7 Å². The summed E-state index contributed by atoms with van der Waals surface area (Å²) in [6.45, 7) is 5.94. The maximum absolute atomic E-state index is 10.6. The number of ether oxygens (including phenoxy) is 1. The zero-order valence-electron chi connectivity index (χ0n) is 7.55. The molecule has 0 spiro atoms. The molecule has 11 heavy (non-hydrogen) atoms. The van der Waals surface area contributed by atoms with Gasteiger partial charge in [-0.25, -0.2) is 0 Å². The lowest BCUT2D eigenvalue weighted by Gasteiger charge is -2.27. The molecule has 0 bridgehead atoms. The third kappa shape index (κ3) is 2.89. The Morgan fingerprint density at radius 3 is 2.36 bits per heavy atom. The summed E-state index contributed by atoms with van der Waals surface area (Å²) in [6, 6.07) is 0. The minimum absolute atomic E-state index is 0.291. The van der Waals surface area contributed by atoms with Gasteiger partial charge in [0.25, 0.3) is 0 Å². The SMILES string of the molecule is COCC(C)(C)[C@@H](C)C(=O)O. The highest BCUT2D eigenvalue weighted by Gasteiger charge is 2.30. The highest BCUT2D eigenvalue weighted by Crippen LogP contribution is 2.26. The van der Waals surface area contributed by atoms with Crippen LogP contribution in [0.4, 0.5) is 0 Å². The topological polar surface area (TPSA) is 46.5 Å². The summed E-state index contributed by atoms with van der Waals surface area (Å²) < 4.78 is 4.91. The van der Waals surface area contributed by atoms with E-state index in [1.54, 1.807) is 14.0 Å². The van der Waals surface area contributed by atoms with E-state index in [0.29, 0.717) is 6.61 Å². The molecule has 1 atom stereocenters. The van der Waals surface area contributed by atoms with Crippen molar-refractivity contribution in [3.63, 3.8) is 0 Å². The number of carbonyl (C=O) groups is 1. The Bertz CT molecular complexity index is 140. The van der Waals surface area contributed by atoms with Gasteiger partial charge in [0.15, 0.2) is 0 Å². The summed E-state index contributed by atoms with van der Waals surface area (Å²) in [7, 11) is 1.58. The fourth-order valence-electron chi connectivity index (χ4n) is 0.831. The predicted octanol–water partition coefficient (Wildman–Crippen LogP) is 1.38. The Hall–Kier alpha value is -0.570. The van der Waals surface area contributed by atoms with Crippen molar-refractivity contribution >= 4 is 5.97 Å². The molecule has 0 saturated carbocycles. The summed E-state index contributed by atoms with van der Waals surface area (Å²) in [6.07, 6.45) is 0. The number of aliphatic carboxylic acids is 1. The van der Waals surface area contributed by atoms with Crippen LogP contribution in [0.15, 0.2) is 0 Å². The van der Waals surface area contributed by atoms with Gasteiger partial charge >= 0.3 is 5.97 Å². The van der Waals surface area contributed by atoms with Crippen LogP contribution < -0.4 is 0 Å². The fraction of sp³-hybridized carbons (Fsp3) is 0.875. The van der Waals surface area contributed by atoms with E-state index in [1.807, 2.05) is 13.8 Å². The molecule has 66 valence electrons. The van der Waals surface area contributed by atoms with Crippen LogP contribution in [-0.4, -0.2) is 24.8 Å². The van der Waals surface area contributed by atoms with Crippen LogP contribution >= 0.6 is 0 Å². The second-order valence-corrected chi connectivity index (χ2v) is 3.48. The van der Waals surface area contributed by atoms with Crippen LogP contribution in [0.3, 0.4) is 0 Å². The molecule has 3 heteroatoms. The molecule has 0 aromatic heterocycles. The molecular weight excluding hydrogens is 144 g/mol. The van der Waals surface area contributed by atoms with Crippen molar-refractivity contribution in [1.82, 2.24) is 0 Å². The van der Waals surface area contributed by atoms with E-state index < -0.39 is 5.97 Å². The first-order chi connectivity index (χ1) is 4.91. The molecule has 0 heterocycles. The summed E-state index contributed by atoms with van der Waals surface area (Å²) in [5.74, 6) is -1.14. The van der Waals surface area contributed by atoms with Gasteiger partial charge in [0.05, 0.1) is 12.5 Å². The number of hydrogen-bond donors (Lipinski definition) is 1. The number of hydrogen-bond acceptors (Lipinski definition) is 2. The first-order valence-corrected chi connectivity index (χ1v) is 3.63. The molecule has 0 amide bonds. The van der Waals surface area contributed by atoms with Gasteiger partial charge in [-0.15, -0.1) is 0 Å². The lowest BCUT2D eigenvalue weighted by atomic mass is 9.81. The van der Waals surface area contributed by atoms with Crippen LogP contribution in [0.5, 0.6) is 0 Å². The molecule has 0 saturated heterocycles. The zero-order valence-corrected chi connectivity index (χ0v) is 7.55. The van der Waals surface area contributed by atoms with Crippen LogP contribution in [-0.2, 0) is 9.53 Å². The summed E-state index contributed by atoms with van der Waals surface area (Å²) in [5.41, 5.74) is -0.291. The Labute approximate surface area is 67.4 Å². The predicted molar refractivity (Wildman–Crippen MR) is 42.5 cm³/mol. The molecule has 0 aliphatic carbocycles. The van der Waals surface area contributed by atoms with Crippen LogP contribution in [0.2, 0.25) is 0 Å². The largest absolute Gasteiger partial charge is 0.481 e. The average molecular weight is 160 g/mol. The molecule has 0 aromatic carbocycles. The second kappa shape index (κ2) is 3.72. The smallest absolute Gasteiger partial charge is 0.306 e. The number of carboxylic acids is 1. The van der Waals surface area contributed by atoms with Gasteiger partial charge in [0, 0.05) is 12.5 Å². The highest BCUT2D eigenvalue weighted by molar-refractivity contribution is 5.70. The van der Waals surface area contributed by atoms with Crippen LogP contribution in [0.1, 0.15) is 20.8 Å². The molecule has 0 rings (SSSR count). The van der Waals surface area contributed by atoms with Gasteiger partial charge < -0.3 is 9.84 Å². The van der Waals surface area contributed by atoms with Crippen molar-refractivity contribution in [2.24, 2.45) is 11.3 Å². The highest BCUT2D eigenvalue weighted by atomic mass is 16.5. The maximum Gasteiger partial charge on any atom is 0.306 e. The van der Waals surface area contributed by atoms with E-state index in [0.717, 1.165) is 0 Å². The molecule has 3 nitrogen and oxygen atoms in total. The molecule has 0 aromatic rings. The Morgan fingerprint density at radius 2 is 2.09 bits per heavy atom. The van der Waals surface area contributed by atoms with E-state index in [4.69, 9.17) is 9.84 Å². The summed E-state index contributed by atoms with van der Waals surface area (Å²) >= 11 is 0. The minimum Gasteiger partial charge on any atom is -0.481 e. The normalized spacial score (nSPS) is 14.5. The van der Waals surface area contributed by atoms with Crippen LogP contribution in [0, 0.1) is 11.3 Å². The van der Waals surface area contributed by atoms with E-state index in [-0.39, 0.29) is 11.3 Å². The summed E-state index contributed by atoms with van der Waals surface area (Å²) in [5, 5.41) is 8.69. The molecule has 0 unspecified atom stereocenters. The fourth-order valence-corrected chi connectivity index (χ4v) is 0.831. The third-order valence-electron chi connectivity index (χ3n) is 2.06. The number of methoxy groups -OCH3 is 1. The van der Waals surface area contributed by atoms with Crippen LogP contribution in [0.25, 0.3) is 0 Å². The first kappa shape index (κ1) is 10.4. The van der Waals surface area contributed by atoms with Gasteiger partial charge in [0.1, 0.15) is 0 Å². The van der Waals surface area contributed by atoms with Crippen molar-refractivity contribution < 1.29 is 14.6 Å². The van der Waals surface area contributed by atoms with Crippen molar-refractivity contribution in [3.05, 3.63) is 0 Å². The van der Waals surface area contributed by atoms with Gasteiger partial charge in [-0.3, -0.25) is 4.79 Å². The standard InChI is InChI=1S/C8H16O3/c1-6(7(9)10)8(2,3)5-11-4/h6H,5H2,1-4H3,(H,9,10)/t6-/m0/s1. The molecular formula is C8H16O3. The molecule has 1 N–H and O–H groups in total. The van der Waals surface area contributed by atoms with Crippen molar-refractivity contribution in [2.45, 2.75) is 20.8 Å². The van der Waals surface area contributed by atoms with E-state index >= 15 is 0 Å². The van der Waals surface area contributed by atoms with Crippen molar-refractivity contribution in [3.8, 4) is 0 Å². The minimum atomic E-state index is -0.771. The molecule has 0 aliphatic heterocycles. The lowest BCUT2D eigenvalue weighted by Crippen LogP contribution is -2.32. The zero-order chi connectivity index (χ0) is 9.07. The molecule has 0 aliphatic rings. The number of carboxylic acid groups (broad SMARTS) is 1. The Morgan fingerprint density at radius 1 is 1.64 bits per heavy atom.